The van der Waals surface area contributed by atoms with E-state index >= 15 is 0 Å². The molecule has 3 heteroatoms. The van der Waals surface area contributed by atoms with E-state index in [-0.39, 0.29) is 0 Å². The van der Waals surface area contributed by atoms with Gasteiger partial charge >= 0.3 is 0 Å². The number of aromatic nitrogens is 2. The molecule has 1 N–H and O–H groups in total. The lowest BCUT2D eigenvalue weighted by Gasteiger charge is -2.20. The quantitative estimate of drug-likeness (QED) is 0.782. The first-order valence-electron chi connectivity index (χ1n) is 6.59. The molecule has 0 bridgehead atoms. The largest absolute Gasteiger partial charge is 0.334 e. The monoisotopic (exact) mass is 219 g/mol. The summed E-state index contributed by atoms with van der Waals surface area (Å²) in [7, 11) is 0. The van der Waals surface area contributed by atoms with Crippen molar-refractivity contribution in [1.82, 2.24) is 14.9 Å². The van der Waals surface area contributed by atoms with Crippen molar-refractivity contribution in [3.05, 3.63) is 17.7 Å². The van der Waals surface area contributed by atoms with Gasteiger partial charge in [0.25, 0.3) is 0 Å². The van der Waals surface area contributed by atoms with Crippen molar-refractivity contribution >= 4 is 0 Å². The maximum Gasteiger partial charge on any atom is 0.108 e. The third-order valence-electron chi connectivity index (χ3n) is 4.00. The van der Waals surface area contributed by atoms with Gasteiger partial charge in [-0.3, -0.25) is 0 Å². The molecule has 16 heavy (non-hydrogen) atoms. The van der Waals surface area contributed by atoms with Crippen LogP contribution < -0.4 is 5.32 Å². The highest BCUT2D eigenvalue weighted by molar-refractivity contribution is 5.12. The second kappa shape index (κ2) is 4.21. The van der Waals surface area contributed by atoms with E-state index in [2.05, 4.69) is 23.0 Å². The Morgan fingerprint density at radius 1 is 1.31 bits per heavy atom. The van der Waals surface area contributed by atoms with Gasteiger partial charge in [0.1, 0.15) is 5.82 Å². The van der Waals surface area contributed by atoms with E-state index in [0.29, 0.717) is 5.92 Å². The predicted octanol–water partition coefficient (Wildman–Crippen LogP) is 1.93. The van der Waals surface area contributed by atoms with Crippen LogP contribution in [-0.2, 0) is 13.0 Å². The van der Waals surface area contributed by atoms with Crippen LogP contribution in [0.4, 0.5) is 0 Å². The highest BCUT2D eigenvalue weighted by Gasteiger charge is 2.22. The summed E-state index contributed by atoms with van der Waals surface area (Å²) in [5.74, 6) is 2.85. The molecule has 0 radical (unpaired) electrons. The Balaban J connectivity index is 1.80. The lowest BCUT2D eigenvalue weighted by Crippen LogP contribution is -2.26. The molecule has 0 unspecified atom stereocenters. The van der Waals surface area contributed by atoms with Gasteiger partial charge in [-0.05, 0) is 38.3 Å². The summed E-state index contributed by atoms with van der Waals surface area (Å²) in [5, 5.41) is 3.42. The Bertz CT molecular complexity index is 363. The van der Waals surface area contributed by atoms with Crippen molar-refractivity contribution < 1.29 is 0 Å². The maximum absolute atomic E-state index is 4.84. The molecule has 3 heterocycles. The van der Waals surface area contributed by atoms with Crippen molar-refractivity contribution in [2.24, 2.45) is 5.92 Å². The Morgan fingerprint density at radius 3 is 2.94 bits per heavy atom. The van der Waals surface area contributed by atoms with Gasteiger partial charge in [-0.25, -0.2) is 4.98 Å². The van der Waals surface area contributed by atoms with Gasteiger partial charge in [0, 0.05) is 25.1 Å². The number of piperidine rings is 1. The molecule has 0 amide bonds. The van der Waals surface area contributed by atoms with Crippen LogP contribution in [0.2, 0.25) is 0 Å². The van der Waals surface area contributed by atoms with Gasteiger partial charge in [0.05, 0.1) is 5.69 Å². The molecular formula is C13H21N3. The van der Waals surface area contributed by atoms with E-state index in [0.717, 1.165) is 19.0 Å². The molecule has 3 nitrogen and oxygen atoms in total. The van der Waals surface area contributed by atoms with Gasteiger partial charge in [0.15, 0.2) is 0 Å². The summed E-state index contributed by atoms with van der Waals surface area (Å²) < 4.78 is 2.39. The van der Waals surface area contributed by atoms with Crippen LogP contribution in [0.5, 0.6) is 0 Å². The lowest BCUT2D eigenvalue weighted by atomic mass is 9.95. The Labute approximate surface area is 97.3 Å². The molecule has 1 atom stereocenters. The van der Waals surface area contributed by atoms with Crippen molar-refractivity contribution in [1.29, 1.82) is 0 Å². The minimum absolute atomic E-state index is 0.703. The molecule has 3 rings (SSSR count). The first kappa shape index (κ1) is 10.3. The fourth-order valence-electron chi connectivity index (χ4n) is 2.95. The van der Waals surface area contributed by atoms with Crippen LogP contribution in [0.3, 0.4) is 0 Å². The number of hydrogen-bond acceptors (Lipinski definition) is 2. The fraction of sp³-hybridized carbons (Fsp3) is 0.769. The number of imidazole rings is 1. The van der Waals surface area contributed by atoms with Crippen molar-refractivity contribution in [3.63, 3.8) is 0 Å². The molecule has 1 saturated heterocycles. The summed E-state index contributed by atoms with van der Waals surface area (Å²) in [6.07, 6.45) is 7.31. The third kappa shape index (κ3) is 1.88. The first-order valence-corrected chi connectivity index (χ1v) is 6.59. The van der Waals surface area contributed by atoms with Crippen LogP contribution in [0, 0.1) is 5.92 Å². The molecule has 1 fully saturated rings. The van der Waals surface area contributed by atoms with Crippen LogP contribution >= 0.6 is 0 Å². The topological polar surface area (TPSA) is 29.9 Å². The van der Waals surface area contributed by atoms with Crippen LogP contribution in [-0.4, -0.2) is 22.6 Å². The van der Waals surface area contributed by atoms with Crippen molar-refractivity contribution in [3.8, 4) is 0 Å². The molecule has 2 aliphatic rings. The van der Waals surface area contributed by atoms with Gasteiger partial charge in [-0.15, -0.1) is 0 Å². The zero-order valence-corrected chi connectivity index (χ0v) is 10.1. The predicted molar refractivity (Wildman–Crippen MR) is 64.6 cm³/mol. The molecular weight excluding hydrogens is 198 g/mol. The molecule has 0 saturated carbocycles. The highest BCUT2D eigenvalue weighted by atomic mass is 15.1. The second-order valence-corrected chi connectivity index (χ2v) is 5.40. The normalized spacial score (nSPS) is 26.7. The molecule has 88 valence electrons. The van der Waals surface area contributed by atoms with E-state index in [1.54, 1.807) is 0 Å². The minimum Gasteiger partial charge on any atom is -0.334 e. The van der Waals surface area contributed by atoms with E-state index in [4.69, 9.17) is 4.98 Å². The average Bonchev–Trinajstić information content (AvgIpc) is 2.73. The van der Waals surface area contributed by atoms with Gasteiger partial charge in [-0.2, -0.15) is 0 Å². The number of fused-ring (bicyclic) bond motifs is 1. The number of aryl methyl sites for hydroxylation is 1. The molecule has 1 aromatic heterocycles. The number of nitrogens with zero attached hydrogens (tertiary/aromatic N) is 2. The zero-order valence-electron chi connectivity index (χ0n) is 10.1. The van der Waals surface area contributed by atoms with E-state index in [9.17, 15) is 0 Å². The molecule has 0 spiro atoms. The summed E-state index contributed by atoms with van der Waals surface area (Å²) in [5.41, 5.74) is 1.35. The molecule has 2 aliphatic heterocycles. The standard InChI is InChI=1S/C13H21N3/c1-10-2-3-13-15-12(9-16(13)8-10)11-4-6-14-7-5-11/h9-11,14H,2-8H2,1H3/t10-/m0/s1. The minimum atomic E-state index is 0.703. The van der Waals surface area contributed by atoms with Gasteiger partial charge in [0.2, 0.25) is 0 Å². The molecule has 1 aromatic rings. The SMILES string of the molecule is C[C@H]1CCc2nc(C3CCNCC3)cn2C1. The third-order valence-corrected chi connectivity index (χ3v) is 4.00. The van der Waals surface area contributed by atoms with Crippen molar-refractivity contribution in [2.75, 3.05) is 13.1 Å². The Morgan fingerprint density at radius 2 is 2.12 bits per heavy atom. The summed E-state index contributed by atoms with van der Waals surface area (Å²) in [4.78, 5) is 4.84. The first-order chi connectivity index (χ1) is 7.83. The summed E-state index contributed by atoms with van der Waals surface area (Å²) in [6, 6.07) is 0. The van der Waals surface area contributed by atoms with E-state index < -0.39 is 0 Å². The van der Waals surface area contributed by atoms with Gasteiger partial charge in [-0.1, -0.05) is 6.92 Å². The number of rotatable bonds is 1. The van der Waals surface area contributed by atoms with Crippen LogP contribution in [0.15, 0.2) is 6.20 Å². The van der Waals surface area contributed by atoms with Crippen molar-refractivity contribution in [2.45, 2.75) is 45.1 Å². The Hall–Kier alpha value is -0.830. The number of hydrogen-bond donors (Lipinski definition) is 1. The highest BCUT2D eigenvalue weighted by Crippen LogP contribution is 2.27. The van der Waals surface area contributed by atoms with E-state index in [1.807, 2.05) is 0 Å². The van der Waals surface area contributed by atoms with E-state index in [1.165, 1.54) is 43.7 Å². The lowest BCUT2D eigenvalue weighted by molar-refractivity contribution is 0.394. The number of nitrogens with one attached hydrogen (secondary N) is 1. The Kier molecular flexibility index (Phi) is 2.72. The summed E-state index contributed by atoms with van der Waals surface area (Å²) >= 11 is 0. The molecule has 0 aliphatic carbocycles. The fourth-order valence-corrected chi connectivity index (χ4v) is 2.95. The second-order valence-electron chi connectivity index (χ2n) is 5.40. The molecule has 0 aromatic carbocycles. The zero-order chi connectivity index (χ0) is 11.0. The summed E-state index contributed by atoms with van der Waals surface area (Å²) in [6.45, 7) is 5.83. The van der Waals surface area contributed by atoms with Gasteiger partial charge < -0.3 is 9.88 Å². The van der Waals surface area contributed by atoms with Crippen LogP contribution in [0.25, 0.3) is 0 Å². The van der Waals surface area contributed by atoms with Crippen LogP contribution in [0.1, 0.15) is 43.6 Å². The smallest absolute Gasteiger partial charge is 0.108 e. The maximum atomic E-state index is 4.84. The average molecular weight is 219 g/mol.